The first-order valence-electron chi connectivity index (χ1n) is 8.25. The van der Waals surface area contributed by atoms with Crippen LogP contribution in [0.4, 0.5) is 0 Å². The van der Waals surface area contributed by atoms with Gasteiger partial charge in [-0.3, -0.25) is 9.97 Å². The summed E-state index contributed by atoms with van der Waals surface area (Å²) in [6.07, 6.45) is 2.62. The van der Waals surface area contributed by atoms with Gasteiger partial charge in [0, 0.05) is 12.4 Å². The topological polar surface area (TPSA) is 78.4 Å². The molecule has 0 saturated heterocycles. The van der Waals surface area contributed by atoms with Crippen molar-refractivity contribution >= 4 is 73.9 Å². The SMILES string of the molecule is CC(C)OC(=O)c1ccc([S-])nc1.CC(C)OC(=O)c1ccc([S-])nc1.[Cl][Sn+2][Cl]. The summed E-state index contributed by atoms with van der Waals surface area (Å²) in [6, 6.07) is 6.43. The monoisotopic (exact) mass is 582 g/mol. The van der Waals surface area contributed by atoms with Crippen molar-refractivity contribution in [1.29, 1.82) is 0 Å². The molecular weight excluding hydrogens is 562 g/mol. The van der Waals surface area contributed by atoms with Crippen LogP contribution < -0.4 is 0 Å². The van der Waals surface area contributed by atoms with Gasteiger partial charge in [-0.2, -0.15) is 0 Å². The molecule has 0 unspecified atom stereocenters. The van der Waals surface area contributed by atoms with Crippen LogP contribution in [0.3, 0.4) is 0 Å². The number of carbonyl (C=O) groups excluding carboxylic acids is 2. The molecule has 2 aromatic heterocycles. The van der Waals surface area contributed by atoms with E-state index >= 15 is 0 Å². The van der Waals surface area contributed by atoms with Crippen LogP contribution in [0.5, 0.6) is 0 Å². The number of hydrogen-bond acceptors (Lipinski definition) is 8. The molecule has 0 saturated carbocycles. The molecule has 0 aliphatic carbocycles. The van der Waals surface area contributed by atoms with E-state index in [1.807, 2.05) is 0 Å². The average molecular weight is 582 g/mol. The van der Waals surface area contributed by atoms with Gasteiger partial charge in [0.05, 0.1) is 23.3 Å². The van der Waals surface area contributed by atoms with Gasteiger partial charge in [0.15, 0.2) is 0 Å². The molecule has 0 bridgehead atoms. The van der Waals surface area contributed by atoms with Gasteiger partial charge in [-0.05, 0) is 39.8 Å². The fraction of sp³-hybridized carbons (Fsp3) is 0.333. The van der Waals surface area contributed by atoms with Gasteiger partial charge in [0.1, 0.15) is 0 Å². The van der Waals surface area contributed by atoms with Crippen LogP contribution in [0.1, 0.15) is 48.4 Å². The second-order valence-electron chi connectivity index (χ2n) is 5.75. The summed E-state index contributed by atoms with van der Waals surface area (Å²) in [5.41, 5.74) is 0.865. The van der Waals surface area contributed by atoms with E-state index in [0.717, 1.165) is 0 Å². The summed E-state index contributed by atoms with van der Waals surface area (Å²) in [6.45, 7) is 7.19. The molecule has 0 spiro atoms. The zero-order valence-electron chi connectivity index (χ0n) is 16.2. The predicted octanol–water partition coefficient (Wildman–Crippen LogP) is 4.10. The fourth-order valence-corrected chi connectivity index (χ4v) is 1.81. The van der Waals surface area contributed by atoms with Crippen LogP contribution >= 0.6 is 17.8 Å². The molecule has 29 heavy (non-hydrogen) atoms. The maximum absolute atomic E-state index is 11.3. The minimum absolute atomic E-state index is 0.115. The van der Waals surface area contributed by atoms with E-state index in [9.17, 15) is 9.59 Å². The number of esters is 2. The third-order valence-electron chi connectivity index (χ3n) is 2.63. The van der Waals surface area contributed by atoms with Crippen LogP contribution in [0.15, 0.2) is 46.7 Å². The molecule has 0 aliphatic heterocycles. The molecule has 2 rings (SSSR count). The van der Waals surface area contributed by atoms with Crippen molar-refractivity contribution in [2.45, 2.75) is 50.0 Å². The summed E-state index contributed by atoms with van der Waals surface area (Å²) in [4.78, 5) is 30.2. The average Bonchev–Trinajstić information content (AvgIpc) is 2.63. The summed E-state index contributed by atoms with van der Waals surface area (Å²) in [5, 5.41) is 0.946. The number of rotatable bonds is 4. The standard InChI is InChI=1S/2C9H11NO2S.2ClH.Sn/c2*1-6(2)12-9(11)7-3-4-8(13)10-5-7;;;/h2*3-6H,1-2H3,(H,10,13);2*1H;/q;;;;+4/p-4. The Morgan fingerprint density at radius 3 is 1.34 bits per heavy atom. The normalized spacial score (nSPS) is 9.38. The second kappa shape index (κ2) is 15.8. The van der Waals surface area contributed by atoms with E-state index in [0.29, 0.717) is 21.2 Å². The van der Waals surface area contributed by atoms with E-state index in [4.69, 9.17) is 52.6 Å². The van der Waals surface area contributed by atoms with E-state index in [-0.39, 0.29) is 24.1 Å². The molecule has 2 heterocycles. The van der Waals surface area contributed by atoms with Crippen LogP contribution in [0.25, 0.3) is 0 Å². The number of carbonyl (C=O) groups is 2. The Morgan fingerprint density at radius 1 is 0.828 bits per heavy atom. The molecule has 0 fully saturated rings. The fourth-order valence-electron chi connectivity index (χ4n) is 1.57. The Balaban J connectivity index is 0.000000477. The first kappa shape index (κ1) is 28.1. The van der Waals surface area contributed by atoms with Gasteiger partial charge in [0.2, 0.25) is 0 Å². The van der Waals surface area contributed by atoms with Gasteiger partial charge < -0.3 is 34.7 Å². The third kappa shape index (κ3) is 13.8. The molecule has 0 atom stereocenters. The van der Waals surface area contributed by atoms with Gasteiger partial charge in [-0.25, -0.2) is 9.59 Å². The number of ether oxygens (including phenoxy) is 2. The van der Waals surface area contributed by atoms with Gasteiger partial charge in [0.25, 0.3) is 0 Å². The number of nitrogens with zero attached hydrogens (tertiary/aromatic N) is 2. The Kier molecular flexibility index (Phi) is 15.3. The van der Waals surface area contributed by atoms with Crippen LogP contribution in [-0.4, -0.2) is 53.0 Å². The molecule has 2 aromatic rings. The molecule has 6 nitrogen and oxygen atoms in total. The van der Waals surface area contributed by atoms with E-state index in [1.54, 1.807) is 52.0 Å². The Labute approximate surface area is 199 Å². The van der Waals surface area contributed by atoms with E-state index < -0.39 is 18.9 Å². The molecule has 0 amide bonds. The first-order valence-corrected chi connectivity index (χ1v) is 16.3. The van der Waals surface area contributed by atoms with Crippen LogP contribution in [0, 0.1) is 0 Å². The molecule has 0 radical (unpaired) electrons. The maximum atomic E-state index is 11.3. The quantitative estimate of drug-likeness (QED) is 0.303. The van der Waals surface area contributed by atoms with Crippen molar-refractivity contribution in [2.75, 3.05) is 0 Å². The molecule has 11 heteroatoms. The van der Waals surface area contributed by atoms with Crippen molar-refractivity contribution in [3.63, 3.8) is 0 Å². The van der Waals surface area contributed by atoms with Crippen molar-refractivity contribution in [3.05, 3.63) is 47.8 Å². The Bertz CT molecular complexity index is 685. The number of pyridine rings is 2. The van der Waals surface area contributed by atoms with Gasteiger partial charge in [-0.1, -0.05) is 22.2 Å². The second-order valence-corrected chi connectivity index (χ2v) is 10.8. The Morgan fingerprint density at radius 2 is 1.14 bits per heavy atom. The van der Waals surface area contributed by atoms with Crippen molar-refractivity contribution < 1.29 is 19.1 Å². The van der Waals surface area contributed by atoms with Crippen molar-refractivity contribution in [1.82, 2.24) is 9.97 Å². The summed E-state index contributed by atoms with van der Waals surface area (Å²) in [7, 11) is 9.87. The third-order valence-corrected chi connectivity index (χ3v) is 3.11. The van der Waals surface area contributed by atoms with Gasteiger partial charge >= 0.3 is 48.7 Å². The number of halogens is 2. The molecule has 0 aliphatic rings. The molecular formula is C18H20Cl2N2O4S2Sn. The number of hydrogen-bond donors (Lipinski definition) is 0. The molecule has 0 aromatic carbocycles. The van der Waals surface area contributed by atoms with Crippen molar-refractivity contribution in [3.8, 4) is 0 Å². The van der Waals surface area contributed by atoms with Crippen molar-refractivity contribution in [2.24, 2.45) is 0 Å². The first-order chi connectivity index (χ1) is 13.6. The summed E-state index contributed by atoms with van der Waals surface area (Å²) < 4.78 is 9.93. The molecule has 0 N–H and O–H groups in total. The van der Waals surface area contributed by atoms with E-state index in [2.05, 4.69) is 9.97 Å². The molecule has 156 valence electrons. The zero-order chi connectivity index (χ0) is 22.4. The minimum atomic E-state index is -0.826. The summed E-state index contributed by atoms with van der Waals surface area (Å²) >= 11 is 8.74. The number of aromatic nitrogens is 2. The van der Waals surface area contributed by atoms with Crippen LogP contribution in [0.2, 0.25) is 0 Å². The summed E-state index contributed by atoms with van der Waals surface area (Å²) in [5.74, 6) is -0.727. The predicted molar refractivity (Wildman–Crippen MR) is 118 cm³/mol. The van der Waals surface area contributed by atoms with Crippen LogP contribution in [-0.2, 0) is 34.7 Å². The Hall–Kier alpha value is -0.941. The van der Waals surface area contributed by atoms with Gasteiger partial charge in [-0.15, -0.1) is 0 Å². The van der Waals surface area contributed by atoms with E-state index in [1.165, 1.54) is 12.4 Å². The zero-order valence-corrected chi connectivity index (χ0v) is 22.2.